The zero-order valence-electron chi connectivity index (χ0n) is 19.2. The molecule has 1 heterocycles. The van der Waals surface area contributed by atoms with Crippen LogP contribution in [0.5, 0.6) is 23.0 Å². The van der Waals surface area contributed by atoms with E-state index in [4.69, 9.17) is 4.74 Å². The lowest BCUT2D eigenvalue weighted by molar-refractivity contribution is 0.237. The van der Waals surface area contributed by atoms with E-state index in [1.165, 1.54) is 19.3 Å². The second kappa shape index (κ2) is 10.1. The van der Waals surface area contributed by atoms with Crippen LogP contribution in [-0.2, 0) is 0 Å². The first-order valence-corrected chi connectivity index (χ1v) is 12.0. The molecule has 3 N–H and O–H groups in total. The van der Waals surface area contributed by atoms with Gasteiger partial charge in [-0.05, 0) is 85.4 Å². The number of nitrogens with zero attached hydrogens (tertiary/aromatic N) is 1. The first kappa shape index (κ1) is 22.1. The van der Waals surface area contributed by atoms with Gasteiger partial charge >= 0.3 is 0 Å². The van der Waals surface area contributed by atoms with Crippen LogP contribution in [0.3, 0.4) is 0 Å². The molecule has 0 spiro atoms. The molecule has 4 aromatic carbocycles. The molecule has 0 unspecified atom stereocenters. The number of hydrogen-bond acceptors (Lipinski definition) is 5. The molecule has 0 saturated carbocycles. The Bertz CT molecular complexity index is 1250. The highest BCUT2D eigenvalue weighted by molar-refractivity contribution is 6.02. The van der Waals surface area contributed by atoms with Crippen LogP contribution in [0.15, 0.2) is 78.9 Å². The molecule has 0 radical (unpaired) electrons. The minimum Gasteiger partial charge on any atom is -0.508 e. The Morgan fingerprint density at radius 1 is 0.794 bits per heavy atom. The highest BCUT2D eigenvalue weighted by atomic mass is 16.5. The second-order valence-electron chi connectivity index (χ2n) is 8.82. The summed E-state index contributed by atoms with van der Waals surface area (Å²) in [6.07, 6.45) is 3.86. The highest BCUT2D eigenvalue weighted by Gasteiger charge is 2.19. The molecule has 1 fully saturated rings. The smallest absolute Gasteiger partial charge is 0.145 e. The van der Waals surface area contributed by atoms with Crippen LogP contribution in [-0.4, -0.2) is 41.3 Å². The molecular weight excluding hydrogens is 424 g/mol. The Hall–Kier alpha value is -3.70. The Balaban J connectivity index is 1.60. The molecule has 174 valence electrons. The number of benzene rings is 4. The van der Waals surface area contributed by atoms with E-state index in [1.807, 2.05) is 48.5 Å². The van der Waals surface area contributed by atoms with Gasteiger partial charge in [0.15, 0.2) is 0 Å². The van der Waals surface area contributed by atoms with Crippen molar-refractivity contribution >= 4 is 16.5 Å². The van der Waals surface area contributed by atoms with Gasteiger partial charge in [0.1, 0.15) is 23.0 Å². The monoisotopic (exact) mass is 454 g/mol. The van der Waals surface area contributed by atoms with Gasteiger partial charge in [0, 0.05) is 29.7 Å². The van der Waals surface area contributed by atoms with Crippen molar-refractivity contribution in [3.05, 3.63) is 78.9 Å². The molecule has 0 aliphatic carbocycles. The lowest BCUT2D eigenvalue weighted by atomic mass is 9.96. The fourth-order valence-corrected chi connectivity index (χ4v) is 4.66. The van der Waals surface area contributed by atoms with Crippen molar-refractivity contribution in [2.24, 2.45) is 0 Å². The van der Waals surface area contributed by atoms with E-state index in [2.05, 4.69) is 16.3 Å². The molecule has 34 heavy (non-hydrogen) atoms. The topological polar surface area (TPSA) is 65.0 Å². The SMILES string of the molecule is Oc1ccc(-c2c(NCCN3CCCCC3)cc3cc(O)ccc3c2Oc2ccccc2)cc1. The van der Waals surface area contributed by atoms with Gasteiger partial charge in [-0.25, -0.2) is 0 Å². The number of phenols is 2. The minimum absolute atomic E-state index is 0.217. The fraction of sp³-hybridized carbons (Fsp3) is 0.241. The van der Waals surface area contributed by atoms with E-state index in [9.17, 15) is 10.2 Å². The summed E-state index contributed by atoms with van der Waals surface area (Å²) in [6, 6.07) is 24.3. The van der Waals surface area contributed by atoms with Crippen LogP contribution in [0.1, 0.15) is 19.3 Å². The number of fused-ring (bicyclic) bond motifs is 1. The minimum atomic E-state index is 0.217. The molecule has 0 bridgehead atoms. The largest absolute Gasteiger partial charge is 0.508 e. The van der Waals surface area contributed by atoms with Gasteiger partial charge < -0.3 is 25.2 Å². The molecule has 5 nitrogen and oxygen atoms in total. The highest BCUT2D eigenvalue weighted by Crippen LogP contribution is 2.45. The Kier molecular flexibility index (Phi) is 6.54. The van der Waals surface area contributed by atoms with Gasteiger partial charge in [-0.15, -0.1) is 0 Å². The fourth-order valence-electron chi connectivity index (χ4n) is 4.66. The number of hydrogen-bond donors (Lipinski definition) is 3. The first-order chi connectivity index (χ1) is 16.7. The standard InChI is InChI=1S/C29H30N2O3/c32-23-11-9-21(10-12-23)28-27(30-15-18-31-16-5-2-6-17-31)20-22-19-24(33)13-14-26(22)29(28)34-25-7-3-1-4-8-25/h1,3-4,7-14,19-20,30,32-33H,2,5-6,15-18H2. The van der Waals surface area contributed by atoms with Crippen molar-refractivity contribution in [3.63, 3.8) is 0 Å². The third-order valence-electron chi connectivity index (χ3n) is 6.39. The van der Waals surface area contributed by atoms with Crippen molar-refractivity contribution in [2.75, 3.05) is 31.5 Å². The van der Waals surface area contributed by atoms with Crippen molar-refractivity contribution in [3.8, 4) is 34.1 Å². The summed E-state index contributed by atoms with van der Waals surface area (Å²) in [5.74, 6) is 1.90. The molecular formula is C29H30N2O3. The molecule has 1 saturated heterocycles. The van der Waals surface area contributed by atoms with E-state index >= 15 is 0 Å². The Morgan fingerprint density at radius 2 is 1.53 bits per heavy atom. The van der Waals surface area contributed by atoms with Crippen molar-refractivity contribution in [2.45, 2.75) is 19.3 Å². The van der Waals surface area contributed by atoms with Gasteiger partial charge in [-0.2, -0.15) is 0 Å². The van der Waals surface area contributed by atoms with Gasteiger partial charge in [-0.1, -0.05) is 36.8 Å². The molecule has 1 aliphatic heterocycles. The zero-order valence-corrected chi connectivity index (χ0v) is 19.2. The second-order valence-corrected chi connectivity index (χ2v) is 8.82. The summed E-state index contributed by atoms with van der Waals surface area (Å²) in [4.78, 5) is 2.50. The number of para-hydroxylation sites is 1. The van der Waals surface area contributed by atoms with Gasteiger partial charge in [0.2, 0.25) is 0 Å². The molecule has 0 amide bonds. The molecule has 1 aliphatic rings. The van der Waals surface area contributed by atoms with Crippen LogP contribution in [0.25, 0.3) is 21.9 Å². The van der Waals surface area contributed by atoms with Crippen LogP contribution in [0, 0.1) is 0 Å². The molecule has 4 aromatic rings. The zero-order chi connectivity index (χ0) is 23.3. The summed E-state index contributed by atoms with van der Waals surface area (Å²) in [5.41, 5.74) is 2.81. The van der Waals surface area contributed by atoms with E-state index in [0.29, 0.717) is 0 Å². The Labute approximate surface area is 200 Å². The van der Waals surface area contributed by atoms with Crippen LogP contribution >= 0.6 is 0 Å². The van der Waals surface area contributed by atoms with Crippen molar-refractivity contribution in [1.29, 1.82) is 0 Å². The quantitative estimate of drug-likeness (QED) is 0.293. The summed E-state index contributed by atoms with van der Waals surface area (Å²) in [6.45, 7) is 4.09. The summed E-state index contributed by atoms with van der Waals surface area (Å²) in [5, 5.41) is 25.5. The van der Waals surface area contributed by atoms with Crippen molar-refractivity contribution < 1.29 is 14.9 Å². The van der Waals surface area contributed by atoms with Crippen LogP contribution in [0.4, 0.5) is 5.69 Å². The van der Waals surface area contributed by atoms with Crippen molar-refractivity contribution in [1.82, 2.24) is 4.90 Å². The molecule has 5 rings (SSSR count). The van der Waals surface area contributed by atoms with E-state index in [1.54, 1.807) is 24.3 Å². The number of anilines is 1. The number of phenolic OH excluding ortho intramolecular Hbond substituents is 2. The maximum absolute atomic E-state index is 10.2. The maximum Gasteiger partial charge on any atom is 0.145 e. The normalized spacial score (nSPS) is 14.2. The molecule has 0 aromatic heterocycles. The lowest BCUT2D eigenvalue weighted by Crippen LogP contribution is -2.33. The number of likely N-dealkylation sites (tertiary alicyclic amines) is 1. The van der Waals surface area contributed by atoms with E-state index in [0.717, 1.165) is 65.3 Å². The average molecular weight is 455 g/mol. The third-order valence-corrected chi connectivity index (χ3v) is 6.39. The first-order valence-electron chi connectivity index (χ1n) is 12.0. The number of piperidine rings is 1. The average Bonchev–Trinajstić information content (AvgIpc) is 2.86. The van der Waals surface area contributed by atoms with E-state index in [-0.39, 0.29) is 11.5 Å². The van der Waals surface area contributed by atoms with Gasteiger partial charge in [-0.3, -0.25) is 0 Å². The molecule has 0 atom stereocenters. The molecule has 5 heteroatoms. The predicted octanol–water partition coefficient (Wildman–Crippen LogP) is 6.61. The van der Waals surface area contributed by atoms with Crippen LogP contribution in [0.2, 0.25) is 0 Å². The predicted molar refractivity (Wildman–Crippen MR) is 138 cm³/mol. The van der Waals surface area contributed by atoms with E-state index < -0.39 is 0 Å². The maximum atomic E-state index is 10.2. The van der Waals surface area contributed by atoms with Crippen LogP contribution < -0.4 is 10.1 Å². The number of nitrogens with one attached hydrogen (secondary N) is 1. The number of aromatic hydroxyl groups is 2. The van der Waals surface area contributed by atoms with Gasteiger partial charge in [0.25, 0.3) is 0 Å². The summed E-state index contributed by atoms with van der Waals surface area (Å²) < 4.78 is 6.49. The summed E-state index contributed by atoms with van der Waals surface area (Å²) >= 11 is 0. The number of ether oxygens (including phenoxy) is 1. The van der Waals surface area contributed by atoms with Gasteiger partial charge in [0.05, 0.1) is 0 Å². The summed E-state index contributed by atoms with van der Waals surface area (Å²) in [7, 11) is 0. The Morgan fingerprint density at radius 3 is 2.29 bits per heavy atom. The lowest BCUT2D eigenvalue weighted by Gasteiger charge is -2.27. The third kappa shape index (κ3) is 4.95. The number of rotatable bonds is 7.